The number of hydrogen-bond donors (Lipinski definition) is 1. The molecule has 24 heavy (non-hydrogen) atoms. The topological polar surface area (TPSA) is 88.2 Å². The van der Waals surface area contributed by atoms with Crippen molar-refractivity contribution in [2.75, 3.05) is 19.7 Å². The highest BCUT2D eigenvalue weighted by Crippen LogP contribution is 2.22. The van der Waals surface area contributed by atoms with Gasteiger partial charge in [0.2, 0.25) is 0 Å². The quantitative estimate of drug-likeness (QED) is 0.884. The average Bonchev–Trinajstić information content (AvgIpc) is 3.08. The summed E-state index contributed by atoms with van der Waals surface area (Å²) in [7, 11) is 0. The predicted octanol–water partition coefficient (Wildman–Crippen LogP) is 0.867. The summed E-state index contributed by atoms with van der Waals surface area (Å²) in [4.78, 5) is 37.9. The van der Waals surface area contributed by atoms with E-state index in [4.69, 9.17) is 4.74 Å². The van der Waals surface area contributed by atoms with Crippen LogP contribution in [0.3, 0.4) is 0 Å². The van der Waals surface area contributed by atoms with E-state index in [1.807, 2.05) is 0 Å². The van der Waals surface area contributed by atoms with E-state index in [9.17, 15) is 9.59 Å². The zero-order valence-electron chi connectivity index (χ0n) is 13.2. The molecule has 1 aliphatic heterocycles. The van der Waals surface area contributed by atoms with Crippen LogP contribution in [0.2, 0.25) is 0 Å². The molecule has 124 valence electrons. The van der Waals surface area contributed by atoms with Crippen molar-refractivity contribution < 1.29 is 9.53 Å². The van der Waals surface area contributed by atoms with E-state index in [2.05, 4.69) is 15.0 Å². The first-order valence-corrected chi connectivity index (χ1v) is 8.14. The zero-order chi connectivity index (χ0) is 16.5. The molecule has 0 spiro atoms. The summed E-state index contributed by atoms with van der Waals surface area (Å²) in [5.41, 5.74) is 2.66. The number of nitrogens with zero attached hydrogens (tertiary/aromatic N) is 3. The van der Waals surface area contributed by atoms with Crippen LogP contribution >= 0.6 is 0 Å². The van der Waals surface area contributed by atoms with Crippen molar-refractivity contribution in [2.45, 2.75) is 25.4 Å². The molecule has 1 aliphatic carbocycles. The van der Waals surface area contributed by atoms with Gasteiger partial charge in [0.15, 0.2) is 0 Å². The Hall–Kier alpha value is -2.54. The third-order valence-electron chi connectivity index (χ3n) is 4.59. The summed E-state index contributed by atoms with van der Waals surface area (Å²) in [6.45, 7) is 1.25. The first-order valence-electron chi connectivity index (χ1n) is 8.14. The Bertz CT molecular complexity index is 818. The van der Waals surface area contributed by atoms with Gasteiger partial charge in [0.05, 0.1) is 25.0 Å². The number of pyridine rings is 1. The van der Waals surface area contributed by atoms with Gasteiger partial charge in [-0.2, -0.15) is 0 Å². The monoisotopic (exact) mass is 326 g/mol. The van der Waals surface area contributed by atoms with Crippen molar-refractivity contribution in [1.29, 1.82) is 0 Å². The van der Waals surface area contributed by atoms with Crippen LogP contribution < -0.4 is 5.56 Å². The molecule has 4 rings (SSSR count). The van der Waals surface area contributed by atoms with Crippen LogP contribution in [0.25, 0.3) is 0 Å². The number of hydrogen-bond acceptors (Lipinski definition) is 5. The van der Waals surface area contributed by atoms with E-state index in [1.54, 1.807) is 29.6 Å². The Morgan fingerprint density at radius 1 is 1.33 bits per heavy atom. The lowest BCUT2D eigenvalue weighted by molar-refractivity contribution is -0.0249. The Kier molecular flexibility index (Phi) is 3.86. The van der Waals surface area contributed by atoms with Crippen LogP contribution in [-0.4, -0.2) is 45.5 Å². The summed E-state index contributed by atoms with van der Waals surface area (Å²) < 4.78 is 5.70. The van der Waals surface area contributed by atoms with Gasteiger partial charge in [0, 0.05) is 24.6 Å². The number of carbonyl (C=O) groups excluding carboxylic acids is 1. The maximum absolute atomic E-state index is 12.8. The van der Waals surface area contributed by atoms with Crippen LogP contribution in [0, 0.1) is 0 Å². The van der Waals surface area contributed by atoms with Gasteiger partial charge in [0.25, 0.3) is 11.5 Å². The second kappa shape index (κ2) is 6.16. The van der Waals surface area contributed by atoms with Gasteiger partial charge in [-0.1, -0.05) is 0 Å². The Balaban J connectivity index is 1.57. The molecular weight excluding hydrogens is 308 g/mol. The second-order valence-electron chi connectivity index (χ2n) is 6.11. The summed E-state index contributed by atoms with van der Waals surface area (Å²) in [5, 5.41) is 0. The van der Waals surface area contributed by atoms with Gasteiger partial charge in [-0.25, -0.2) is 0 Å². The highest BCUT2D eigenvalue weighted by molar-refractivity contribution is 5.94. The standard InChI is InChI=1S/C17H18N4O3/c22-16-12(8-11-2-1-3-13(11)20-16)17(23)21-6-7-24-15(10-21)14-9-18-4-5-19-14/h4-5,8-9,15H,1-3,6-7,10H2,(H,20,22)/t15-/m1/s1. The van der Waals surface area contributed by atoms with Crippen molar-refractivity contribution in [1.82, 2.24) is 19.9 Å². The van der Waals surface area contributed by atoms with Crippen molar-refractivity contribution in [3.05, 3.63) is 57.5 Å². The fourth-order valence-corrected chi connectivity index (χ4v) is 3.33. The summed E-state index contributed by atoms with van der Waals surface area (Å²) in [6.07, 6.45) is 7.34. The van der Waals surface area contributed by atoms with Gasteiger partial charge < -0.3 is 14.6 Å². The molecule has 0 aromatic carbocycles. The highest BCUT2D eigenvalue weighted by Gasteiger charge is 2.29. The first kappa shape index (κ1) is 15.0. The molecule has 2 aliphatic rings. The van der Waals surface area contributed by atoms with Gasteiger partial charge in [-0.05, 0) is 30.9 Å². The molecule has 1 N–H and O–H groups in total. The molecule has 1 atom stereocenters. The highest BCUT2D eigenvalue weighted by atomic mass is 16.5. The molecule has 1 fully saturated rings. The lowest BCUT2D eigenvalue weighted by Crippen LogP contribution is -2.44. The minimum Gasteiger partial charge on any atom is -0.368 e. The second-order valence-corrected chi connectivity index (χ2v) is 6.11. The number of aromatic nitrogens is 3. The number of nitrogens with one attached hydrogen (secondary N) is 1. The van der Waals surface area contributed by atoms with Crippen LogP contribution in [-0.2, 0) is 17.6 Å². The number of amides is 1. The maximum atomic E-state index is 12.8. The minimum atomic E-state index is -0.315. The summed E-state index contributed by atoms with van der Waals surface area (Å²) in [5.74, 6) is -0.247. The largest absolute Gasteiger partial charge is 0.368 e. The number of fused-ring (bicyclic) bond motifs is 1. The number of H-pyrrole nitrogens is 1. The van der Waals surface area contributed by atoms with Crippen LogP contribution in [0.4, 0.5) is 0 Å². The van der Waals surface area contributed by atoms with Crippen LogP contribution in [0.1, 0.15) is 39.8 Å². The number of aromatic amines is 1. The predicted molar refractivity (Wildman–Crippen MR) is 85.7 cm³/mol. The van der Waals surface area contributed by atoms with E-state index in [-0.39, 0.29) is 23.1 Å². The molecular formula is C17H18N4O3. The number of carbonyl (C=O) groups is 1. The molecule has 0 saturated carbocycles. The minimum absolute atomic E-state index is 0.218. The number of ether oxygens (including phenoxy) is 1. The van der Waals surface area contributed by atoms with E-state index in [0.717, 1.165) is 30.5 Å². The summed E-state index contributed by atoms with van der Waals surface area (Å²) >= 11 is 0. The van der Waals surface area contributed by atoms with E-state index in [1.165, 1.54) is 0 Å². The van der Waals surface area contributed by atoms with Crippen molar-refractivity contribution in [3.63, 3.8) is 0 Å². The fourth-order valence-electron chi connectivity index (χ4n) is 3.33. The number of aryl methyl sites for hydroxylation is 2. The van der Waals surface area contributed by atoms with Gasteiger partial charge >= 0.3 is 0 Å². The van der Waals surface area contributed by atoms with Crippen LogP contribution in [0.5, 0.6) is 0 Å². The van der Waals surface area contributed by atoms with Crippen molar-refractivity contribution in [3.8, 4) is 0 Å². The SMILES string of the molecule is O=C(c1cc2c([nH]c1=O)CCC2)N1CCO[C@@H](c2cnccn2)C1. The number of morpholine rings is 1. The Morgan fingerprint density at radius 3 is 3.08 bits per heavy atom. The van der Waals surface area contributed by atoms with Gasteiger partial charge in [0.1, 0.15) is 11.7 Å². The molecule has 7 nitrogen and oxygen atoms in total. The molecule has 2 aromatic rings. The third kappa shape index (κ3) is 2.71. The molecule has 0 bridgehead atoms. The lowest BCUT2D eigenvalue weighted by atomic mass is 10.1. The van der Waals surface area contributed by atoms with Gasteiger partial charge in [-0.15, -0.1) is 0 Å². The van der Waals surface area contributed by atoms with E-state index < -0.39 is 0 Å². The maximum Gasteiger partial charge on any atom is 0.261 e. The zero-order valence-corrected chi connectivity index (χ0v) is 13.2. The summed E-state index contributed by atoms with van der Waals surface area (Å²) in [6, 6.07) is 1.76. The fraction of sp³-hybridized carbons (Fsp3) is 0.412. The first-order chi connectivity index (χ1) is 11.7. The number of rotatable bonds is 2. The van der Waals surface area contributed by atoms with E-state index >= 15 is 0 Å². The molecule has 7 heteroatoms. The Morgan fingerprint density at radius 2 is 2.25 bits per heavy atom. The molecule has 3 heterocycles. The van der Waals surface area contributed by atoms with Crippen molar-refractivity contribution in [2.24, 2.45) is 0 Å². The molecule has 1 saturated heterocycles. The van der Waals surface area contributed by atoms with Crippen molar-refractivity contribution >= 4 is 5.91 Å². The van der Waals surface area contributed by atoms with Crippen LogP contribution in [0.15, 0.2) is 29.5 Å². The molecule has 1 amide bonds. The van der Waals surface area contributed by atoms with Gasteiger partial charge in [-0.3, -0.25) is 19.6 Å². The molecule has 0 radical (unpaired) electrons. The Labute approximate surface area is 138 Å². The molecule has 2 aromatic heterocycles. The molecule has 0 unspecified atom stereocenters. The average molecular weight is 326 g/mol. The normalized spacial score (nSPS) is 20.0. The lowest BCUT2D eigenvalue weighted by Gasteiger charge is -2.32. The third-order valence-corrected chi connectivity index (χ3v) is 4.59. The smallest absolute Gasteiger partial charge is 0.261 e. The van der Waals surface area contributed by atoms with E-state index in [0.29, 0.717) is 25.4 Å².